The molecule has 1 fully saturated rings. The van der Waals surface area contributed by atoms with Crippen LogP contribution < -0.4 is 15.4 Å². The Bertz CT molecular complexity index is 759. The number of sulfone groups is 1. The fourth-order valence-electron chi connectivity index (χ4n) is 2.76. The number of carbonyl (C=O) groups is 2. The van der Waals surface area contributed by atoms with Gasteiger partial charge in [-0.15, -0.1) is 0 Å². The minimum atomic E-state index is -3.05. The zero-order valence-electron chi connectivity index (χ0n) is 12.7. The maximum Gasteiger partial charge on any atom is 0.266 e. The molecule has 0 radical (unpaired) electrons. The van der Waals surface area contributed by atoms with Crippen LogP contribution in [0.3, 0.4) is 0 Å². The molecule has 0 saturated carbocycles. The Morgan fingerprint density at radius 1 is 1.43 bits per heavy atom. The van der Waals surface area contributed by atoms with Crippen LogP contribution in [0.15, 0.2) is 18.2 Å². The van der Waals surface area contributed by atoms with Crippen molar-refractivity contribution in [3.05, 3.63) is 23.8 Å². The van der Waals surface area contributed by atoms with Gasteiger partial charge in [0.05, 0.1) is 23.6 Å². The fourth-order valence-corrected chi connectivity index (χ4v) is 4.44. The summed E-state index contributed by atoms with van der Waals surface area (Å²) in [4.78, 5) is 24.1. The Morgan fingerprint density at radius 3 is 2.91 bits per heavy atom. The lowest BCUT2D eigenvalue weighted by molar-refractivity contribution is -0.130. The third kappa shape index (κ3) is 3.64. The quantitative estimate of drug-likeness (QED) is 0.830. The first kappa shape index (κ1) is 15.8. The SMILES string of the molecule is Cc1ccc2c(c1)NC(=O)C(CC(=O)NC1CCS(=O)(=O)C1)O2. The average molecular weight is 338 g/mol. The zero-order chi connectivity index (χ0) is 16.6. The van der Waals surface area contributed by atoms with Crippen molar-refractivity contribution in [3.63, 3.8) is 0 Å². The van der Waals surface area contributed by atoms with Gasteiger partial charge in [0.25, 0.3) is 5.91 Å². The van der Waals surface area contributed by atoms with E-state index in [0.717, 1.165) is 5.56 Å². The second-order valence-corrected chi connectivity index (χ2v) is 8.20. The van der Waals surface area contributed by atoms with Gasteiger partial charge in [-0.1, -0.05) is 6.07 Å². The predicted molar refractivity (Wildman–Crippen MR) is 84.0 cm³/mol. The molecular weight excluding hydrogens is 320 g/mol. The van der Waals surface area contributed by atoms with Crippen LogP contribution in [-0.4, -0.2) is 43.9 Å². The normalized spacial score (nSPS) is 25.2. The van der Waals surface area contributed by atoms with Crippen LogP contribution in [0.2, 0.25) is 0 Å². The second-order valence-electron chi connectivity index (χ2n) is 5.97. The molecule has 0 aliphatic carbocycles. The Balaban J connectivity index is 1.61. The van der Waals surface area contributed by atoms with Crippen molar-refractivity contribution in [3.8, 4) is 5.75 Å². The summed E-state index contributed by atoms with van der Waals surface area (Å²) in [6.07, 6.45) is -0.646. The van der Waals surface area contributed by atoms with Crippen molar-refractivity contribution in [1.29, 1.82) is 0 Å². The van der Waals surface area contributed by atoms with E-state index in [4.69, 9.17) is 4.74 Å². The van der Waals surface area contributed by atoms with Gasteiger partial charge < -0.3 is 15.4 Å². The van der Waals surface area contributed by atoms with Crippen LogP contribution in [0.25, 0.3) is 0 Å². The summed E-state index contributed by atoms with van der Waals surface area (Å²) >= 11 is 0. The predicted octanol–water partition coefficient (Wildman–Crippen LogP) is 0.388. The number of benzene rings is 1. The standard InChI is InChI=1S/C15H18N2O5S/c1-9-2-3-12-11(6-9)17-15(19)13(22-12)7-14(18)16-10-4-5-23(20,21)8-10/h2-3,6,10,13H,4-5,7-8H2,1H3,(H,16,18)(H,17,19). The summed E-state index contributed by atoms with van der Waals surface area (Å²) in [5.74, 6) is -0.194. The summed E-state index contributed by atoms with van der Waals surface area (Å²) in [5.41, 5.74) is 1.58. The van der Waals surface area contributed by atoms with Crippen LogP contribution in [0.5, 0.6) is 5.75 Å². The van der Waals surface area contributed by atoms with Crippen molar-refractivity contribution in [1.82, 2.24) is 5.32 Å². The van der Waals surface area contributed by atoms with Gasteiger partial charge in [0.2, 0.25) is 5.91 Å². The first-order valence-electron chi connectivity index (χ1n) is 7.40. The minimum absolute atomic E-state index is 0.0431. The molecule has 0 bridgehead atoms. The fraction of sp³-hybridized carbons (Fsp3) is 0.467. The summed E-state index contributed by atoms with van der Waals surface area (Å²) in [7, 11) is -3.05. The Kier molecular flexibility index (Phi) is 4.01. The monoisotopic (exact) mass is 338 g/mol. The average Bonchev–Trinajstić information content (AvgIpc) is 2.79. The van der Waals surface area contributed by atoms with Crippen molar-refractivity contribution < 1.29 is 22.7 Å². The molecule has 2 amide bonds. The van der Waals surface area contributed by atoms with E-state index in [9.17, 15) is 18.0 Å². The molecule has 1 saturated heterocycles. The van der Waals surface area contributed by atoms with Gasteiger partial charge in [-0.05, 0) is 31.0 Å². The van der Waals surface area contributed by atoms with E-state index < -0.39 is 15.9 Å². The number of hydrogen-bond donors (Lipinski definition) is 2. The molecule has 124 valence electrons. The minimum Gasteiger partial charge on any atom is -0.478 e. The third-order valence-corrected chi connectivity index (χ3v) is 5.69. The van der Waals surface area contributed by atoms with Crippen LogP contribution >= 0.6 is 0 Å². The van der Waals surface area contributed by atoms with E-state index in [1.807, 2.05) is 13.0 Å². The third-order valence-electron chi connectivity index (χ3n) is 3.92. The van der Waals surface area contributed by atoms with Crippen molar-refractivity contribution in [2.45, 2.75) is 31.9 Å². The van der Waals surface area contributed by atoms with Gasteiger partial charge in [-0.3, -0.25) is 9.59 Å². The number of fused-ring (bicyclic) bond motifs is 1. The topological polar surface area (TPSA) is 102 Å². The number of amides is 2. The number of carbonyl (C=O) groups excluding carboxylic acids is 2. The van der Waals surface area contributed by atoms with E-state index >= 15 is 0 Å². The van der Waals surface area contributed by atoms with E-state index in [-0.39, 0.29) is 35.8 Å². The van der Waals surface area contributed by atoms with Crippen molar-refractivity contribution in [2.24, 2.45) is 0 Å². The summed E-state index contributed by atoms with van der Waals surface area (Å²) in [6, 6.07) is 5.02. The summed E-state index contributed by atoms with van der Waals surface area (Å²) in [6.45, 7) is 1.90. The molecule has 8 heteroatoms. The lowest BCUT2D eigenvalue weighted by Gasteiger charge is -2.26. The molecule has 2 aliphatic rings. The molecule has 1 aromatic rings. The van der Waals surface area contributed by atoms with Gasteiger partial charge in [0.15, 0.2) is 15.9 Å². The van der Waals surface area contributed by atoms with Crippen LogP contribution in [0, 0.1) is 6.92 Å². The van der Waals surface area contributed by atoms with Crippen molar-refractivity contribution >= 4 is 27.3 Å². The Hall–Kier alpha value is -2.09. The molecule has 2 atom stereocenters. The molecule has 3 rings (SSSR count). The highest BCUT2D eigenvalue weighted by molar-refractivity contribution is 7.91. The number of hydrogen-bond acceptors (Lipinski definition) is 5. The molecule has 2 N–H and O–H groups in total. The van der Waals surface area contributed by atoms with E-state index in [1.165, 1.54) is 0 Å². The molecule has 23 heavy (non-hydrogen) atoms. The lowest BCUT2D eigenvalue weighted by atomic mass is 10.1. The molecule has 2 aliphatic heterocycles. The van der Waals surface area contributed by atoms with Gasteiger partial charge in [0.1, 0.15) is 5.75 Å². The van der Waals surface area contributed by atoms with E-state index in [0.29, 0.717) is 17.9 Å². The van der Waals surface area contributed by atoms with Gasteiger partial charge >= 0.3 is 0 Å². The highest BCUT2D eigenvalue weighted by atomic mass is 32.2. The highest BCUT2D eigenvalue weighted by Crippen LogP contribution is 2.31. The highest BCUT2D eigenvalue weighted by Gasteiger charge is 2.33. The van der Waals surface area contributed by atoms with Gasteiger partial charge in [-0.2, -0.15) is 0 Å². The van der Waals surface area contributed by atoms with E-state index in [1.54, 1.807) is 12.1 Å². The molecule has 1 aromatic carbocycles. The number of rotatable bonds is 3. The number of anilines is 1. The first-order valence-corrected chi connectivity index (χ1v) is 9.22. The molecule has 2 unspecified atom stereocenters. The number of aryl methyl sites for hydroxylation is 1. The maximum atomic E-state index is 12.0. The first-order chi connectivity index (χ1) is 10.8. The molecule has 0 spiro atoms. The lowest BCUT2D eigenvalue weighted by Crippen LogP contribution is -2.43. The largest absolute Gasteiger partial charge is 0.478 e. The number of ether oxygens (including phenoxy) is 1. The van der Waals surface area contributed by atoms with Gasteiger partial charge in [0, 0.05) is 6.04 Å². The summed E-state index contributed by atoms with van der Waals surface area (Å²) < 4.78 is 28.4. The molecule has 2 heterocycles. The molecule has 0 aromatic heterocycles. The molecule has 7 nitrogen and oxygen atoms in total. The maximum absolute atomic E-state index is 12.0. The second kappa shape index (κ2) is 5.84. The smallest absolute Gasteiger partial charge is 0.266 e. The number of nitrogens with one attached hydrogen (secondary N) is 2. The summed E-state index contributed by atoms with van der Waals surface area (Å²) in [5, 5.41) is 5.38. The van der Waals surface area contributed by atoms with Gasteiger partial charge in [-0.25, -0.2) is 8.42 Å². The Morgan fingerprint density at radius 2 is 2.22 bits per heavy atom. The Labute approximate surface area is 134 Å². The van der Waals surface area contributed by atoms with Crippen LogP contribution in [-0.2, 0) is 19.4 Å². The van der Waals surface area contributed by atoms with E-state index in [2.05, 4.69) is 10.6 Å². The zero-order valence-corrected chi connectivity index (χ0v) is 13.5. The van der Waals surface area contributed by atoms with Crippen molar-refractivity contribution in [2.75, 3.05) is 16.8 Å². The molecular formula is C15H18N2O5S. The van der Waals surface area contributed by atoms with Crippen LogP contribution in [0.4, 0.5) is 5.69 Å². The van der Waals surface area contributed by atoms with Crippen LogP contribution in [0.1, 0.15) is 18.4 Å².